The largest absolute Gasteiger partial charge is 0.355 e. The van der Waals surface area contributed by atoms with E-state index in [0.29, 0.717) is 34.5 Å². The number of nitrogens with two attached hydrogens (primary N) is 1. The highest BCUT2D eigenvalue weighted by molar-refractivity contribution is 6.07. The van der Waals surface area contributed by atoms with Crippen LogP contribution in [0, 0.1) is 17.7 Å². The molecule has 1 saturated heterocycles. The lowest BCUT2D eigenvalue weighted by atomic mass is 10.2. The molecule has 2 aromatic heterocycles. The fraction of sp³-hybridized carbons (Fsp3) is 0.263. The number of anilines is 2. The molecule has 3 atom stereocenters. The second-order valence-electron chi connectivity index (χ2n) is 7.05. The van der Waals surface area contributed by atoms with E-state index in [4.69, 9.17) is 5.73 Å². The van der Waals surface area contributed by atoms with Gasteiger partial charge in [-0.1, -0.05) is 6.07 Å². The molecule has 1 amide bonds. The van der Waals surface area contributed by atoms with Gasteiger partial charge in [-0.2, -0.15) is 0 Å². The zero-order chi connectivity index (χ0) is 18.5. The summed E-state index contributed by atoms with van der Waals surface area (Å²) in [5.74, 6) is 0.923. The molecule has 1 saturated carbocycles. The molecule has 0 radical (unpaired) electrons. The van der Waals surface area contributed by atoms with Crippen LogP contribution in [0.3, 0.4) is 0 Å². The Bertz CT molecular complexity index is 1030. The standard InChI is InChI=1S/C19H17FN6O/c20-11-4-10-2-1-3-22-18(10)14(5-11)25-19(27)15-6-24-16(7-23-15)26-8-12-13(9-26)17(12)21/h1-7,12-13,17H,8-9,21H2,(H,25,27)/t12-,13+,17?. The summed E-state index contributed by atoms with van der Waals surface area (Å²) in [6, 6.07) is 6.39. The molecular weight excluding hydrogens is 347 g/mol. The van der Waals surface area contributed by atoms with Crippen LogP contribution in [0.4, 0.5) is 15.9 Å². The van der Waals surface area contributed by atoms with Crippen molar-refractivity contribution in [3.05, 3.63) is 54.4 Å². The van der Waals surface area contributed by atoms with E-state index in [2.05, 4.69) is 25.2 Å². The Balaban J connectivity index is 1.34. The van der Waals surface area contributed by atoms with Crippen LogP contribution in [0.5, 0.6) is 0 Å². The molecule has 3 heterocycles. The number of benzene rings is 1. The van der Waals surface area contributed by atoms with Gasteiger partial charge in [-0.15, -0.1) is 0 Å². The highest BCUT2D eigenvalue weighted by Crippen LogP contribution is 2.44. The number of carbonyl (C=O) groups excluding carboxylic acids is 1. The predicted octanol–water partition coefficient (Wildman–Crippen LogP) is 1.81. The molecule has 1 aliphatic heterocycles. The predicted molar refractivity (Wildman–Crippen MR) is 98.9 cm³/mol. The molecule has 136 valence electrons. The maximum Gasteiger partial charge on any atom is 0.275 e. The molecule has 2 fully saturated rings. The molecule has 1 unspecified atom stereocenters. The summed E-state index contributed by atoms with van der Waals surface area (Å²) in [5, 5.41) is 3.29. The number of fused-ring (bicyclic) bond motifs is 2. The van der Waals surface area contributed by atoms with Crippen LogP contribution < -0.4 is 16.0 Å². The van der Waals surface area contributed by atoms with Gasteiger partial charge >= 0.3 is 0 Å². The van der Waals surface area contributed by atoms with Gasteiger partial charge in [0.25, 0.3) is 5.91 Å². The van der Waals surface area contributed by atoms with E-state index in [1.165, 1.54) is 18.3 Å². The molecule has 5 rings (SSSR count). The van der Waals surface area contributed by atoms with E-state index in [0.717, 1.165) is 18.9 Å². The number of rotatable bonds is 3. The monoisotopic (exact) mass is 364 g/mol. The van der Waals surface area contributed by atoms with Gasteiger partial charge in [-0.3, -0.25) is 9.78 Å². The van der Waals surface area contributed by atoms with E-state index in [1.807, 2.05) is 0 Å². The third-order valence-electron chi connectivity index (χ3n) is 5.37. The van der Waals surface area contributed by atoms with E-state index in [1.54, 1.807) is 24.5 Å². The minimum absolute atomic E-state index is 0.160. The molecule has 8 heteroatoms. The summed E-state index contributed by atoms with van der Waals surface area (Å²) in [6.07, 6.45) is 4.62. The van der Waals surface area contributed by atoms with Crippen LogP contribution in [0.15, 0.2) is 42.9 Å². The summed E-state index contributed by atoms with van der Waals surface area (Å²) in [7, 11) is 0. The molecule has 0 bridgehead atoms. The number of carbonyl (C=O) groups is 1. The second kappa shape index (κ2) is 5.95. The van der Waals surface area contributed by atoms with E-state index >= 15 is 0 Å². The van der Waals surface area contributed by atoms with Gasteiger partial charge in [-0.05, 0) is 30.0 Å². The van der Waals surface area contributed by atoms with Gasteiger partial charge in [0, 0.05) is 30.7 Å². The van der Waals surface area contributed by atoms with Crippen LogP contribution >= 0.6 is 0 Å². The van der Waals surface area contributed by atoms with Crippen molar-refractivity contribution in [2.24, 2.45) is 17.6 Å². The van der Waals surface area contributed by atoms with Gasteiger partial charge in [0.15, 0.2) is 0 Å². The Kier molecular flexibility index (Phi) is 3.54. The zero-order valence-corrected chi connectivity index (χ0v) is 14.3. The Morgan fingerprint density at radius 2 is 2.00 bits per heavy atom. The molecule has 3 aromatic rings. The molecular formula is C19H17FN6O. The maximum atomic E-state index is 13.8. The third-order valence-corrected chi connectivity index (χ3v) is 5.37. The quantitative estimate of drug-likeness (QED) is 0.736. The molecule has 7 nitrogen and oxygen atoms in total. The van der Waals surface area contributed by atoms with Crippen LogP contribution in [-0.4, -0.2) is 40.0 Å². The Hall–Kier alpha value is -3.13. The first kappa shape index (κ1) is 16.1. The fourth-order valence-corrected chi connectivity index (χ4v) is 3.80. The number of halogens is 1. The number of piperidine rings is 1. The normalized spacial score (nSPS) is 23.3. The fourth-order valence-electron chi connectivity index (χ4n) is 3.80. The molecule has 27 heavy (non-hydrogen) atoms. The number of hydrogen-bond acceptors (Lipinski definition) is 6. The minimum Gasteiger partial charge on any atom is -0.355 e. The Morgan fingerprint density at radius 3 is 2.74 bits per heavy atom. The van der Waals surface area contributed by atoms with E-state index in [-0.39, 0.29) is 5.69 Å². The van der Waals surface area contributed by atoms with Gasteiger partial charge in [0.2, 0.25) is 0 Å². The molecule has 0 spiro atoms. The van der Waals surface area contributed by atoms with Crippen molar-refractivity contribution in [2.45, 2.75) is 6.04 Å². The van der Waals surface area contributed by atoms with Crippen molar-refractivity contribution in [3.8, 4) is 0 Å². The van der Waals surface area contributed by atoms with Gasteiger partial charge < -0.3 is 16.0 Å². The van der Waals surface area contributed by atoms with Crippen LogP contribution in [0.25, 0.3) is 10.9 Å². The zero-order valence-electron chi connectivity index (χ0n) is 14.3. The number of pyridine rings is 1. The summed E-state index contributed by atoms with van der Waals surface area (Å²) in [4.78, 5) is 27.4. The van der Waals surface area contributed by atoms with Crippen molar-refractivity contribution >= 4 is 28.3 Å². The SMILES string of the molecule is NC1[C@H]2CN(c3cnc(C(=O)Nc4cc(F)cc5cccnc45)cn3)C[C@@H]12. The van der Waals surface area contributed by atoms with Crippen molar-refractivity contribution in [2.75, 3.05) is 23.3 Å². The van der Waals surface area contributed by atoms with Crippen molar-refractivity contribution in [3.63, 3.8) is 0 Å². The Morgan fingerprint density at radius 1 is 1.19 bits per heavy atom. The van der Waals surface area contributed by atoms with Crippen LogP contribution in [0.2, 0.25) is 0 Å². The first-order chi connectivity index (χ1) is 13.1. The van der Waals surface area contributed by atoms with E-state index in [9.17, 15) is 9.18 Å². The number of nitrogens with one attached hydrogen (secondary N) is 1. The second-order valence-corrected chi connectivity index (χ2v) is 7.05. The average molecular weight is 364 g/mol. The van der Waals surface area contributed by atoms with Gasteiger partial charge in [0.05, 0.1) is 23.6 Å². The van der Waals surface area contributed by atoms with E-state index < -0.39 is 11.7 Å². The summed E-state index contributed by atoms with van der Waals surface area (Å²) in [6.45, 7) is 1.76. The molecule has 1 aliphatic carbocycles. The number of nitrogens with zero attached hydrogens (tertiary/aromatic N) is 4. The number of aromatic nitrogens is 3. The summed E-state index contributed by atoms with van der Waals surface area (Å²) >= 11 is 0. The Labute approximate surface area is 154 Å². The number of amides is 1. The van der Waals surface area contributed by atoms with Gasteiger partial charge in [-0.25, -0.2) is 14.4 Å². The smallest absolute Gasteiger partial charge is 0.275 e. The summed E-state index contributed by atoms with van der Waals surface area (Å²) in [5.41, 5.74) is 6.93. The van der Waals surface area contributed by atoms with Crippen molar-refractivity contribution in [1.82, 2.24) is 15.0 Å². The van der Waals surface area contributed by atoms with Crippen molar-refractivity contribution < 1.29 is 9.18 Å². The van der Waals surface area contributed by atoms with Crippen LogP contribution in [-0.2, 0) is 0 Å². The first-order valence-corrected chi connectivity index (χ1v) is 8.78. The lowest BCUT2D eigenvalue weighted by Gasteiger charge is -2.19. The topological polar surface area (TPSA) is 97.0 Å². The van der Waals surface area contributed by atoms with Crippen molar-refractivity contribution in [1.29, 1.82) is 0 Å². The molecule has 2 aliphatic rings. The minimum atomic E-state index is -0.460. The van der Waals surface area contributed by atoms with Crippen LogP contribution in [0.1, 0.15) is 10.5 Å². The number of hydrogen-bond donors (Lipinski definition) is 2. The third kappa shape index (κ3) is 2.78. The molecule has 1 aromatic carbocycles. The maximum absolute atomic E-state index is 13.8. The highest BCUT2D eigenvalue weighted by atomic mass is 19.1. The average Bonchev–Trinajstić information content (AvgIpc) is 3.07. The summed E-state index contributed by atoms with van der Waals surface area (Å²) < 4.78 is 13.8. The van der Waals surface area contributed by atoms with Gasteiger partial charge in [0.1, 0.15) is 17.3 Å². The first-order valence-electron chi connectivity index (χ1n) is 8.78. The highest BCUT2D eigenvalue weighted by Gasteiger charge is 2.53. The molecule has 3 N–H and O–H groups in total. The lowest BCUT2D eigenvalue weighted by molar-refractivity contribution is 0.102. The lowest BCUT2D eigenvalue weighted by Crippen LogP contribution is -2.29.